The summed E-state index contributed by atoms with van der Waals surface area (Å²) in [7, 11) is 2.06. The van der Waals surface area contributed by atoms with Crippen LogP contribution in [0.15, 0.2) is 24.3 Å². The van der Waals surface area contributed by atoms with Crippen molar-refractivity contribution in [1.29, 1.82) is 0 Å². The van der Waals surface area contributed by atoms with Gasteiger partial charge < -0.3 is 30.7 Å². The standard InChI is InChI=1S/C18H30N4O4/c1-22(10-2-8-20-14-23,11-3-9-21-15-24)12-17(25)13-26-18-6-4-16(19)5-7-18/h4-7,14-15,17,25H,2-3,8-13,19H2,1H3,(H-,20,21,23,24)/p+1. The second kappa shape index (κ2) is 12.1. The summed E-state index contributed by atoms with van der Waals surface area (Å²) < 4.78 is 6.25. The van der Waals surface area contributed by atoms with Gasteiger partial charge in [-0.25, -0.2) is 0 Å². The van der Waals surface area contributed by atoms with E-state index in [-0.39, 0.29) is 6.61 Å². The number of benzene rings is 1. The molecular weight excluding hydrogens is 336 g/mol. The van der Waals surface area contributed by atoms with Crippen LogP contribution < -0.4 is 21.1 Å². The van der Waals surface area contributed by atoms with E-state index < -0.39 is 6.10 Å². The fourth-order valence-electron chi connectivity index (χ4n) is 2.86. The Labute approximate surface area is 154 Å². The van der Waals surface area contributed by atoms with Crippen LogP contribution in [0, 0.1) is 0 Å². The molecule has 26 heavy (non-hydrogen) atoms. The number of rotatable bonds is 15. The van der Waals surface area contributed by atoms with Gasteiger partial charge in [0.15, 0.2) is 0 Å². The van der Waals surface area contributed by atoms with Crippen molar-refractivity contribution >= 4 is 18.5 Å². The Hall–Kier alpha value is -2.32. The van der Waals surface area contributed by atoms with Gasteiger partial charge in [-0.05, 0) is 24.3 Å². The van der Waals surface area contributed by atoms with E-state index in [0.717, 1.165) is 25.9 Å². The predicted octanol–water partition coefficient (Wildman–Crippen LogP) is -0.273. The van der Waals surface area contributed by atoms with Gasteiger partial charge in [0.2, 0.25) is 12.8 Å². The van der Waals surface area contributed by atoms with Crippen LogP contribution in [0.5, 0.6) is 5.75 Å². The second-order valence-electron chi connectivity index (χ2n) is 6.63. The number of nitrogens with one attached hydrogen (secondary N) is 2. The number of nitrogens with zero attached hydrogens (tertiary/aromatic N) is 1. The van der Waals surface area contributed by atoms with E-state index in [2.05, 4.69) is 17.7 Å². The number of likely N-dealkylation sites (N-methyl/N-ethyl adjacent to an activating group) is 1. The molecule has 0 radical (unpaired) electrons. The summed E-state index contributed by atoms with van der Waals surface area (Å²) in [5, 5.41) is 15.7. The minimum absolute atomic E-state index is 0.191. The van der Waals surface area contributed by atoms with Gasteiger partial charge in [0.25, 0.3) is 0 Å². The fraction of sp³-hybridized carbons (Fsp3) is 0.556. The molecule has 1 unspecified atom stereocenters. The molecule has 0 spiro atoms. The van der Waals surface area contributed by atoms with Gasteiger partial charge in [0.05, 0.1) is 20.1 Å². The minimum Gasteiger partial charge on any atom is -0.491 e. The molecule has 0 fully saturated rings. The Kier molecular flexibility index (Phi) is 10.1. The summed E-state index contributed by atoms with van der Waals surface area (Å²) in [6, 6.07) is 7.04. The molecule has 0 aliphatic rings. The van der Waals surface area contributed by atoms with E-state index in [4.69, 9.17) is 10.5 Å². The lowest BCUT2D eigenvalue weighted by molar-refractivity contribution is -0.912. The average molecular weight is 367 g/mol. The average Bonchev–Trinajstić information content (AvgIpc) is 2.62. The lowest BCUT2D eigenvalue weighted by Gasteiger charge is -2.36. The Morgan fingerprint density at radius 3 is 2.15 bits per heavy atom. The van der Waals surface area contributed by atoms with Crippen molar-refractivity contribution in [3.63, 3.8) is 0 Å². The minimum atomic E-state index is -0.629. The number of hydrogen-bond acceptors (Lipinski definition) is 5. The van der Waals surface area contributed by atoms with Gasteiger partial charge in [0.1, 0.15) is 25.0 Å². The van der Waals surface area contributed by atoms with E-state index in [1.807, 2.05) is 0 Å². The van der Waals surface area contributed by atoms with E-state index in [9.17, 15) is 14.7 Å². The second-order valence-corrected chi connectivity index (χ2v) is 6.63. The quantitative estimate of drug-likeness (QED) is 0.147. The van der Waals surface area contributed by atoms with Crippen LogP contribution in [-0.2, 0) is 9.59 Å². The Balaban J connectivity index is 2.50. The molecule has 0 heterocycles. The predicted molar refractivity (Wildman–Crippen MR) is 101 cm³/mol. The first-order valence-corrected chi connectivity index (χ1v) is 8.83. The Morgan fingerprint density at radius 1 is 1.12 bits per heavy atom. The molecule has 0 aliphatic heterocycles. The zero-order valence-corrected chi connectivity index (χ0v) is 15.4. The largest absolute Gasteiger partial charge is 0.491 e. The summed E-state index contributed by atoms with van der Waals surface area (Å²) in [5.41, 5.74) is 6.30. The van der Waals surface area contributed by atoms with Crippen LogP contribution in [0.3, 0.4) is 0 Å². The Bertz CT molecular complexity index is 508. The molecule has 146 valence electrons. The van der Waals surface area contributed by atoms with Gasteiger partial charge in [0, 0.05) is 31.6 Å². The first-order chi connectivity index (χ1) is 12.5. The van der Waals surface area contributed by atoms with Crippen LogP contribution in [-0.4, -0.2) is 74.9 Å². The van der Waals surface area contributed by atoms with Crippen molar-refractivity contribution in [2.24, 2.45) is 0 Å². The molecule has 1 rings (SSSR count). The van der Waals surface area contributed by atoms with Crippen LogP contribution in [0.1, 0.15) is 12.8 Å². The molecule has 0 bridgehead atoms. The molecule has 0 saturated carbocycles. The molecule has 1 aromatic rings. The number of amides is 2. The maximum absolute atomic E-state index is 10.4. The Morgan fingerprint density at radius 2 is 1.65 bits per heavy atom. The zero-order chi connectivity index (χ0) is 19.3. The maximum Gasteiger partial charge on any atom is 0.207 e. The topological polar surface area (TPSA) is 114 Å². The van der Waals surface area contributed by atoms with Crippen molar-refractivity contribution in [3.8, 4) is 5.75 Å². The highest BCUT2D eigenvalue weighted by Gasteiger charge is 2.25. The highest BCUT2D eigenvalue weighted by Crippen LogP contribution is 2.14. The van der Waals surface area contributed by atoms with E-state index in [1.165, 1.54) is 0 Å². The number of ether oxygens (including phenoxy) is 1. The van der Waals surface area contributed by atoms with Crippen LogP contribution >= 0.6 is 0 Å². The molecule has 0 aliphatic carbocycles. The van der Waals surface area contributed by atoms with Gasteiger partial charge in [-0.1, -0.05) is 0 Å². The van der Waals surface area contributed by atoms with Crippen molar-refractivity contribution in [2.75, 3.05) is 52.1 Å². The smallest absolute Gasteiger partial charge is 0.207 e. The number of aliphatic hydroxyl groups is 1. The van der Waals surface area contributed by atoms with Crippen LogP contribution in [0.25, 0.3) is 0 Å². The number of quaternary nitrogens is 1. The third kappa shape index (κ3) is 9.24. The van der Waals surface area contributed by atoms with Gasteiger partial charge >= 0.3 is 0 Å². The molecule has 0 aromatic heterocycles. The van der Waals surface area contributed by atoms with Crippen molar-refractivity contribution in [1.82, 2.24) is 10.6 Å². The van der Waals surface area contributed by atoms with Crippen molar-refractivity contribution in [2.45, 2.75) is 18.9 Å². The summed E-state index contributed by atoms with van der Waals surface area (Å²) in [6.45, 7) is 3.53. The monoisotopic (exact) mass is 367 g/mol. The number of nitrogen functional groups attached to an aromatic ring is 1. The van der Waals surface area contributed by atoms with E-state index in [0.29, 0.717) is 48.4 Å². The highest BCUT2D eigenvalue weighted by molar-refractivity contribution is 5.45. The molecule has 8 heteroatoms. The zero-order valence-electron chi connectivity index (χ0n) is 15.4. The number of anilines is 1. The number of carbonyl (C=O) groups excluding carboxylic acids is 2. The van der Waals surface area contributed by atoms with E-state index >= 15 is 0 Å². The molecular formula is C18H31N4O4+. The molecule has 0 saturated heterocycles. The molecule has 1 atom stereocenters. The highest BCUT2D eigenvalue weighted by atomic mass is 16.5. The first-order valence-electron chi connectivity index (χ1n) is 8.83. The number of carbonyl (C=O) groups is 2. The number of nitrogens with two attached hydrogens (primary N) is 1. The van der Waals surface area contributed by atoms with Gasteiger partial charge in [-0.15, -0.1) is 0 Å². The third-order valence-corrected chi connectivity index (χ3v) is 4.18. The van der Waals surface area contributed by atoms with Crippen LogP contribution in [0.4, 0.5) is 5.69 Å². The van der Waals surface area contributed by atoms with Crippen LogP contribution in [0.2, 0.25) is 0 Å². The summed E-state index contributed by atoms with van der Waals surface area (Å²) >= 11 is 0. The number of aliphatic hydroxyl groups excluding tert-OH is 1. The lowest BCUT2D eigenvalue weighted by atomic mass is 10.2. The fourth-order valence-corrected chi connectivity index (χ4v) is 2.86. The first kappa shape index (κ1) is 21.7. The summed E-state index contributed by atoms with van der Waals surface area (Å²) in [5.74, 6) is 0.665. The SMILES string of the molecule is C[N+](CCCNC=O)(CCCNC=O)CC(O)COc1ccc(N)cc1. The normalized spacial score (nSPS) is 12.2. The molecule has 1 aromatic carbocycles. The van der Waals surface area contributed by atoms with Crippen molar-refractivity contribution in [3.05, 3.63) is 24.3 Å². The van der Waals surface area contributed by atoms with Gasteiger partial charge in [-0.2, -0.15) is 0 Å². The van der Waals surface area contributed by atoms with Crippen molar-refractivity contribution < 1.29 is 23.9 Å². The van der Waals surface area contributed by atoms with E-state index in [1.54, 1.807) is 24.3 Å². The molecule has 5 N–H and O–H groups in total. The summed E-state index contributed by atoms with van der Waals surface area (Å²) in [6.07, 6.45) is 2.36. The van der Waals surface area contributed by atoms with Gasteiger partial charge in [-0.3, -0.25) is 9.59 Å². The maximum atomic E-state index is 10.4. The third-order valence-electron chi connectivity index (χ3n) is 4.18. The lowest BCUT2D eigenvalue weighted by Crippen LogP contribution is -2.52. The molecule has 2 amide bonds. The summed E-state index contributed by atoms with van der Waals surface area (Å²) in [4.78, 5) is 20.7. The molecule has 8 nitrogen and oxygen atoms in total. The number of hydrogen-bond donors (Lipinski definition) is 4.